The molecule has 25 heavy (non-hydrogen) atoms. The molecule has 0 saturated heterocycles. The van der Waals surface area contributed by atoms with Crippen LogP contribution >= 0.6 is 0 Å². The van der Waals surface area contributed by atoms with E-state index in [0.29, 0.717) is 19.3 Å². The van der Waals surface area contributed by atoms with Gasteiger partial charge in [-0.25, -0.2) is 9.59 Å². The minimum absolute atomic E-state index is 0. The molecule has 0 spiro atoms. The largest absolute Gasteiger partial charge is 0.406 e. The number of rotatable bonds is 14. The predicted octanol–water partition coefficient (Wildman–Crippen LogP) is 2.75. The maximum atomic E-state index is 12.4. The Kier molecular flexibility index (Phi) is 16.9. The van der Waals surface area contributed by atoms with E-state index in [-0.39, 0.29) is 46.0 Å². The van der Waals surface area contributed by atoms with Gasteiger partial charge in [-0.1, -0.05) is 40.0 Å². The quantitative estimate of drug-likeness (QED) is 0.136. The maximum Gasteiger partial charge on any atom is 0.406 e. The molecule has 0 fully saturated rings. The molecule has 0 aromatic heterocycles. The number of ketones is 1. The summed E-state index contributed by atoms with van der Waals surface area (Å²) in [5, 5.41) is 0. The zero-order valence-corrected chi connectivity index (χ0v) is 18.2. The molecule has 0 saturated carbocycles. The average molecular weight is 438 g/mol. The van der Waals surface area contributed by atoms with Crippen LogP contribution < -0.4 is 0 Å². The van der Waals surface area contributed by atoms with E-state index in [1.807, 2.05) is 20.8 Å². The van der Waals surface area contributed by atoms with Crippen LogP contribution in [0.1, 0.15) is 66.2 Å². The van der Waals surface area contributed by atoms with Crippen molar-refractivity contribution in [2.75, 3.05) is 19.8 Å². The molecule has 8 heteroatoms. The number of unbranched alkanes of at least 4 members (excludes halogenated alkanes) is 3. The Balaban J connectivity index is 0. The molecule has 0 aliphatic heterocycles. The number of ether oxygens (including phenoxy) is 4. The second-order valence-corrected chi connectivity index (χ2v) is 5.40. The SMILES string of the molecule is CCCCOC(OCCCC)(OCCCC)C(=O)OC(=O)C(C)=O.[Zr]. The minimum Gasteiger partial charge on any atom is -0.381 e. The van der Waals surface area contributed by atoms with Gasteiger partial charge in [0.25, 0.3) is 0 Å². The molecule has 0 aromatic carbocycles. The summed E-state index contributed by atoms with van der Waals surface area (Å²) in [4.78, 5) is 34.9. The molecule has 0 unspecified atom stereocenters. The first-order valence-electron chi connectivity index (χ1n) is 8.62. The summed E-state index contributed by atoms with van der Waals surface area (Å²) in [5.41, 5.74) is 0. The molecule has 0 N–H and O–H groups in total. The van der Waals surface area contributed by atoms with Crippen LogP contribution in [0.3, 0.4) is 0 Å². The number of hydrogen-bond donors (Lipinski definition) is 0. The number of esters is 2. The Morgan fingerprint density at radius 2 is 1.12 bits per heavy atom. The van der Waals surface area contributed by atoms with Crippen molar-refractivity contribution < 1.29 is 59.5 Å². The molecule has 0 aromatic rings. The van der Waals surface area contributed by atoms with Crippen LogP contribution in [0.2, 0.25) is 0 Å². The van der Waals surface area contributed by atoms with Gasteiger partial charge in [-0.15, -0.1) is 0 Å². The first-order chi connectivity index (χ1) is 11.4. The van der Waals surface area contributed by atoms with Gasteiger partial charge in [-0.05, 0) is 19.3 Å². The molecule has 0 bridgehead atoms. The minimum atomic E-state index is -2.11. The molecule has 0 radical (unpaired) electrons. The number of hydrogen-bond acceptors (Lipinski definition) is 7. The molecule has 0 aliphatic carbocycles. The molecule has 0 amide bonds. The van der Waals surface area contributed by atoms with Crippen molar-refractivity contribution in [2.24, 2.45) is 0 Å². The number of Topliss-reactive ketones (excluding diaryl/α,β-unsaturated/α-hetero) is 1. The average Bonchev–Trinajstić information content (AvgIpc) is 2.54. The van der Waals surface area contributed by atoms with Gasteiger partial charge in [-0.3, -0.25) is 4.79 Å². The van der Waals surface area contributed by atoms with Gasteiger partial charge in [-0.2, -0.15) is 0 Å². The van der Waals surface area contributed by atoms with E-state index in [2.05, 4.69) is 4.74 Å². The van der Waals surface area contributed by atoms with Crippen LogP contribution in [-0.2, 0) is 59.5 Å². The van der Waals surface area contributed by atoms with Crippen molar-refractivity contribution in [1.82, 2.24) is 0 Å². The monoisotopic (exact) mass is 436 g/mol. The zero-order valence-electron chi connectivity index (χ0n) is 15.7. The van der Waals surface area contributed by atoms with Gasteiger partial charge in [0.15, 0.2) is 0 Å². The van der Waals surface area contributed by atoms with Crippen LogP contribution in [0.25, 0.3) is 0 Å². The molecule has 0 rings (SSSR count). The molecular weight excluding hydrogens is 407 g/mol. The molecule has 0 aliphatic rings. The third-order valence-corrected chi connectivity index (χ3v) is 3.09. The molecule has 0 atom stereocenters. The van der Waals surface area contributed by atoms with Crippen molar-refractivity contribution in [3.05, 3.63) is 0 Å². The topological polar surface area (TPSA) is 88.1 Å². The molecule has 0 heterocycles. The Morgan fingerprint density at radius 3 is 1.40 bits per heavy atom. The van der Waals surface area contributed by atoms with Crippen LogP contribution in [0.5, 0.6) is 0 Å². The van der Waals surface area contributed by atoms with E-state index < -0.39 is 23.7 Å². The predicted molar refractivity (Wildman–Crippen MR) is 87.1 cm³/mol. The van der Waals surface area contributed by atoms with Gasteiger partial charge in [0.1, 0.15) is 0 Å². The summed E-state index contributed by atoms with van der Waals surface area (Å²) < 4.78 is 21.1. The van der Waals surface area contributed by atoms with Gasteiger partial charge in [0.05, 0.1) is 19.8 Å². The van der Waals surface area contributed by atoms with Gasteiger partial charge >= 0.3 is 17.9 Å². The van der Waals surface area contributed by atoms with Crippen molar-refractivity contribution >= 4 is 17.7 Å². The molecular formula is C17H30O7Zr. The maximum absolute atomic E-state index is 12.4. The zero-order chi connectivity index (χ0) is 18.4. The fraction of sp³-hybridized carbons (Fsp3) is 0.824. The summed E-state index contributed by atoms with van der Waals surface area (Å²) in [5.74, 6) is -5.40. The van der Waals surface area contributed by atoms with Gasteiger partial charge in [0.2, 0.25) is 5.78 Å². The summed E-state index contributed by atoms with van der Waals surface area (Å²) in [7, 11) is 0. The second kappa shape index (κ2) is 15.8. The fourth-order valence-corrected chi connectivity index (χ4v) is 1.57. The van der Waals surface area contributed by atoms with Crippen molar-refractivity contribution in [2.45, 2.75) is 72.2 Å². The number of carbonyl (C=O) groups excluding carboxylic acids is 3. The third kappa shape index (κ3) is 11.0. The van der Waals surface area contributed by atoms with Crippen molar-refractivity contribution in [1.29, 1.82) is 0 Å². The van der Waals surface area contributed by atoms with Crippen LogP contribution in [0.15, 0.2) is 0 Å². The van der Waals surface area contributed by atoms with E-state index in [0.717, 1.165) is 26.2 Å². The summed E-state index contributed by atoms with van der Waals surface area (Å²) in [6, 6.07) is 0. The van der Waals surface area contributed by atoms with Crippen LogP contribution in [0, 0.1) is 0 Å². The Labute approximate surface area is 169 Å². The van der Waals surface area contributed by atoms with E-state index in [4.69, 9.17) is 14.2 Å². The summed E-state index contributed by atoms with van der Waals surface area (Å²) in [6.07, 6.45) is 4.60. The number of carbonyl (C=O) groups is 3. The smallest absolute Gasteiger partial charge is 0.381 e. The van der Waals surface area contributed by atoms with Gasteiger partial charge < -0.3 is 18.9 Å². The van der Waals surface area contributed by atoms with Crippen molar-refractivity contribution in [3.8, 4) is 0 Å². The van der Waals surface area contributed by atoms with Crippen LogP contribution in [0.4, 0.5) is 0 Å². The van der Waals surface area contributed by atoms with E-state index in [1.165, 1.54) is 0 Å². The normalized spacial score (nSPS) is 10.9. The molecule has 144 valence electrons. The summed E-state index contributed by atoms with van der Waals surface area (Å²) in [6.45, 7) is 7.55. The van der Waals surface area contributed by atoms with Crippen molar-refractivity contribution in [3.63, 3.8) is 0 Å². The standard InChI is InChI=1S/C17H30O7.Zr/c1-5-8-11-21-17(22-12-9-6-2,23-13-10-7-3)16(20)24-15(19)14(4)18;/h5-13H2,1-4H3;. The Bertz CT molecular complexity index is 372. The Morgan fingerprint density at radius 1 is 0.760 bits per heavy atom. The third-order valence-electron chi connectivity index (χ3n) is 3.09. The van der Waals surface area contributed by atoms with Crippen LogP contribution in [-0.4, -0.2) is 43.5 Å². The van der Waals surface area contributed by atoms with E-state index >= 15 is 0 Å². The first-order valence-corrected chi connectivity index (χ1v) is 8.62. The summed E-state index contributed by atoms with van der Waals surface area (Å²) >= 11 is 0. The molecule has 7 nitrogen and oxygen atoms in total. The second-order valence-electron chi connectivity index (χ2n) is 5.40. The van der Waals surface area contributed by atoms with E-state index in [9.17, 15) is 14.4 Å². The first kappa shape index (κ1) is 26.8. The Hall–Kier alpha value is -0.427. The van der Waals surface area contributed by atoms with Gasteiger partial charge in [0, 0.05) is 33.1 Å². The van der Waals surface area contributed by atoms with E-state index in [1.54, 1.807) is 0 Å². The fourth-order valence-electron chi connectivity index (χ4n) is 1.57.